The summed E-state index contributed by atoms with van der Waals surface area (Å²) in [7, 11) is 1.68. The van der Waals surface area contributed by atoms with Crippen molar-refractivity contribution in [3.05, 3.63) is 53.6 Å². The molecule has 7 heteroatoms. The van der Waals surface area contributed by atoms with E-state index in [-0.39, 0.29) is 6.03 Å². The first-order chi connectivity index (χ1) is 14.7. The van der Waals surface area contributed by atoms with Crippen molar-refractivity contribution in [2.24, 2.45) is 0 Å². The highest BCUT2D eigenvalue weighted by molar-refractivity contribution is 7.22. The first-order valence-electron chi connectivity index (χ1n) is 10.4. The van der Waals surface area contributed by atoms with Crippen molar-refractivity contribution in [2.75, 3.05) is 44.7 Å². The molecule has 158 valence electrons. The van der Waals surface area contributed by atoms with Gasteiger partial charge in [-0.05, 0) is 37.0 Å². The Bertz CT molecular complexity index is 997. The summed E-state index contributed by atoms with van der Waals surface area (Å²) in [5, 5.41) is 4.06. The van der Waals surface area contributed by atoms with E-state index in [0.29, 0.717) is 19.6 Å². The van der Waals surface area contributed by atoms with Crippen molar-refractivity contribution in [1.82, 2.24) is 15.2 Å². The molecule has 0 spiro atoms. The zero-order valence-corrected chi connectivity index (χ0v) is 18.4. The van der Waals surface area contributed by atoms with Crippen LogP contribution < -0.4 is 15.0 Å². The second-order valence-corrected chi connectivity index (χ2v) is 8.53. The van der Waals surface area contributed by atoms with Gasteiger partial charge >= 0.3 is 6.03 Å². The van der Waals surface area contributed by atoms with Crippen molar-refractivity contribution in [2.45, 2.75) is 19.8 Å². The van der Waals surface area contributed by atoms with Crippen LogP contribution in [0.1, 0.15) is 17.5 Å². The van der Waals surface area contributed by atoms with Crippen LogP contribution in [-0.2, 0) is 6.42 Å². The number of amides is 2. The number of thiazole rings is 1. The fourth-order valence-electron chi connectivity index (χ4n) is 3.74. The molecule has 2 heterocycles. The Hall–Kier alpha value is -2.80. The summed E-state index contributed by atoms with van der Waals surface area (Å²) >= 11 is 1.70. The Labute approximate surface area is 181 Å². The normalized spacial score (nSPS) is 14.2. The van der Waals surface area contributed by atoms with Crippen molar-refractivity contribution < 1.29 is 9.53 Å². The van der Waals surface area contributed by atoms with Crippen LogP contribution >= 0.6 is 11.3 Å². The van der Waals surface area contributed by atoms with Crippen molar-refractivity contribution in [3.63, 3.8) is 0 Å². The highest BCUT2D eigenvalue weighted by atomic mass is 32.1. The summed E-state index contributed by atoms with van der Waals surface area (Å²) in [6.45, 7) is 5.79. The minimum atomic E-state index is 0.0320. The number of carbonyl (C=O) groups is 1. The quantitative estimate of drug-likeness (QED) is 0.606. The number of rotatable bonds is 6. The zero-order valence-electron chi connectivity index (χ0n) is 17.6. The SMILES string of the molecule is COc1ccc(C)c2sc(N3CCN(C(=O)NCCCc4ccccc4)CC3)nc12. The van der Waals surface area contributed by atoms with Crippen LogP contribution in [0.15, 0.2) is 42.5 Å². The molecule has 0 bridgehead atoms. The average molecular weight is 425 g/mol. The van der Waals surface area contributed by atoms with E-state index in [1.165, 1.54) is 15.8 Å². The summed E-state index contributed by atoms with van der Waals surface area (Å²) in [5.41, 5.74) is 3.45. The van der Waals surface area contributed by atoms with Gasteiger partial charge in [0.25, 0.3) is 0 Å². The Kier molecular flexibility index (Phi) is 6.38. The number of ether oxygens (including phenoxy) is 1. The third-order valence-electron chi connectivity index (χ3n) is 5.51. The Morgan fingerprint density at radius 3 is 2.63 bits per heavy atom. The lowest BCUT2D eigenvalue weighted by molar-refractivity contribution is 0.194. The molecule has 1 N–H and O–H groups in total. The van der Waals surface area contributed by atoms with Gasteiger partial charge in [-0.25, -0.2) is 9.78 Å². The molecule has 0 radical (unpaired) electrons. The highest BCUT2D eigenvalue weighted by Crippen LogP contribution is 2.36. The molecular formula is C23H28N4O2S. The number of piperazine rings is 1. The van der Waals surface area contributed by atoms with E-state index < -0.39 is 0 Å². The van der Waals surface area contributed by atoms with E-state index >= 15 is 0 Å². The number of anilines is 1. The van der Waals surface area contributed by atoms with E-state index in [1.54, 1.807) is 18.4 Å². The van der Waals surface area contributed by atoms with Crippen LogP contribution in [0.25, 0.3) is 10.2 Å². The first-order valence-corrected chi connectivity index (χ1v) is 11.2. The molecule has 1 saturated heterocycles. The Balaban J connectivity index is 1.28. The summed E-state index contributed by atoms with van der Waals surface area (Å²) in [5.74, 6) is 0.812. The number of aromatic nitrogens is 1. The van der Waals surface area contributed by atoms with E-state index in [9.17, 15) is 4.79 Å². The molecule has 0 unspecified atom stereocenters. The van der Waals surface area contributed by atoms with Crippen molar-refractivity contribution >= 4 is 32.7 Å². The number of aryl methyl sites for hydroxylation is 2. The molecule has 3 aromatic rings. The van der Waals surface area contributed by atoms with Gasteiger partial charge in [0.2, 0.25) is 0 Å². The lowest BCUT2D eigenvalue weighted by atomic mass is 10.1. The predicted molar refractivity (Wildman–Crippen MR) is 123 cm³/mol. The number of nitrogens with one attached hydrogen (secondary N) is 1. The van der Waals surface area contributed by atoms with Crippen LogP contribution in [0.4, 0.5) is 9.93 Å². The molecule has 4 rings (SSSR count). The highest BCUT2D eigenvalue weighted by Gasteiger charge is 2.23. The van der Waals surface area contributed by atoms with Crippen LogP contribution in [0, 0.1) is 6.92 Å². The van der Waals surface area contributed by atoms with E-state index in [0.717, 1.165) is 42.3 Å². The first kappa shape index (κ1) is 20.5. The van der Waals surface area contributed by atoms with Gasteiger partial charge in [0.05, 0.1) is 11.8 Å². The van der Waals surface area contributed by atoms with Crippen molar-refractivity contribution in [3.8, 4) is 5.75 Å². The van der Waals surface area contributed by atoms with E-state index in [1.807, 2.05) is 17.0 Å². The van der Waals surface area contributed by atoms with Gasteiger partial charge in [0, 0.05) is 32.7 Å². The summed E-state index contributed by atoms with van der Waals surface area (Å²) < 4.78 is 6.64. The average Bonchev–Trinajstić information content (AvgIpc) is 3.24. The fraction of sp³-hybridized carbons (Fsp3) is 0.391. The summed E-state index contributed by atoms with van der Waals surface area (Å²) in [6.07, 6.45) is 1.93. The van der Waals surface area contributed by atoms with E-state index in [4.69, 9.17) is 9.72 Å². The number of carbonyl (C=O) groups excluding carboxylic acids is 1. The number of urea groups is 1. The molecule has 0 atom stereocenters. The third kappa shape index (κ3) is 4.51. The van der Waals surface area contributed by atoms with Crippen molar-refractivity contribution in [1.29, 1.82) is 0 Å². The van der Waals surface area contributed by atoms with Gasteiger partial charge in [0.15, 0.2) is 5.13 Å². The Morgan fingerprint density at radius 1 is 1.13 bits per heavy atom. The minimum Gasteiger partial charge on any atom is -0.494 e. The lowest BCUT2D eigenvalue weighted by Crippen LogP contribution is -2.52. The Morgan fingerprint density at radius 2 is 1.90 bits per heavy atom. The maximum absolute atomic E-state index is 12.5. The molecule has 1 fully saturated rings. The van der Waals surface area contributed by atoms with Gasteiger partial charge in [-0.15, -0.1) is 0 Å². The fourth-order valence-corrected chi connectivity index (χ4v) is 4.85. The molecule has 0 aliphatic carbocycles. The van der Waals surface area contributed by atoms with Crippen LogP contribution in [0.2, 0.25) is 0 Å². The molecule has 1 aliphatic rings. The number of hydrogen-bond acceptors (Lipinski definition) is 5. The number of nitrogens with zero attached hydrogens (tertiary/aromatic N) is 3. The van der Waals surface area contributed by atoms with E-state index in [2.05, 4.69) is 47.5 Å². The van der Waals surface area contributed by atoms with Gasteiger partial charge < -0.3 is 19.9 Å². The van der Waals surface area contributed by atoms with Gasteiger partial charge in [-0.3, -0.25) is 0 Å². The van der Waals surface area contributed by atoms with Crippen LogP contribution in [0.3, 0.4) is 0 Å². The molecule has 1 aromatic heterocycles. The molecule has 2 amide bonds. The predicted octanol–water partition coefficient (Wildman–Crippen LogP) is 4.08. The standard InChI is InChI=1S/C23H28N4O2S/c1-17-10-11-19(29-2)20-21(17)30-23(25-20)27-15-13-26(14-16-27)22(28)24-12-6-9-18-7-4-3-5-8-18/h3-5,7-8,10-11H,6,9,12-16H2,1-2H3,(H,24,28). The van der Waals surface area contributed by atoms with Crippen LogP contribution in [0.5, 0.6) is 5.75 Å². The van der Waals surface area contributed by atoms with Crippen LogP contribution in [-0.4, -0.2) is 55.7 Å². The number of fused-ring (bicyclic) bond motifs is 1. The zero-order chi connectivity index (χ0) is 20.9. The topological polar surface area (TPSA) is 57.7 Å². The number of hydrogen-bond donors (Lipinski definition) is 1. The second-order valence-electron chi connectivity index (χ2n) is 7.55. The largest absolute Gasteiger partial charge is 0.494 e. The maximum Gasteiger partial charge on any atom is 0.317 e. The third-order valence-corrected chi connectivity index (χ3v) is 6.76. The van der Waals surface area contributed by atoms with Gasteiger partial charge in [-0.1, -0.05) is 47.7 Å². The second kappa shape index (κ2) is 9.34. The van der Waals surface area contributed by atoms with Gasteiger partial charge in [-0.2, -0.15) is 0 Å². The minimum absolute atomic E-state index is 0.0320. The molecular weight excluding hydrogens is 396 g/mol. The molecule has 30 heavy (non-hydrogen) atoms. The molecule has 2 aromatic carbocycles. The number of methoxy groups -OCH3 is 1. The smallest absolute Gasteiger partial charge is 0.317 e. The summed E-state index contributed by atoms with van der Waals surface area (Å²) in [4.78, 5) is 21.5. The molecule has 1 aliphatic heterocycles. The van der Waals surface area contributed by atoms with Gasteiger partial charge in [0.1, 0.15) is 11.3 Å². The number of benzene rings is 2. The molecule has 6 nitrogen and oxygen atoms in total. The summed E-state index contributed by atoms with van der Waals surface area (Å²) in [6, 6.07) is 14.5. The monoisotopic (exact) mass is 424 g/mol. The maximum atomic E-state index is 12.5. The molecule has 0 saturated carbocycles. The lowest BCUT2D eigenvalue weighted by Gasteiger charge is -2.34.